The van der Waals surface area contributed by atoms with Gasteiger partial charge in [-0.1, -0.05) is 27.7 Å². The maximum absolute atomic E-state index is 11.4. The van der Waals surface area contributed by atoms with E-state index < -0.39 is 12.1 Å². The van der Waals surface area contributed by atoms with Gasteiger partial charge in [-0.15, -0.1) is 12.4 Å². The number of rotatable bonds is 5. The van der Waals surface area contributed by atoms with E-state index in [1.807, 2.05) is 27.7 Å². The highest BCUT2D eigenvalue weighted by molar-refractivity contribution is 5.85. The second kappa shape index (κ2) is 7.91. The minimum atomic E-state index is -0.502. The monoisotopic (exact) mass is 238 g/mol. The number of halogens is 1. The molecule has 4 nitrogen and oxygen atoms in total. The van der Waals surface area contributed by atoms with Crippen LogP contribution in [0.4, 0.5) is 0 Å². The molecule has 0 aromatic heterocycles. The Hall–Kier alpha value is -0.320. The molecule has 0 aliphatic heterocycles. The number of amides is 1. The Morgan fingerprint density at radius 3 is 2.07 bits per heavy atom. The molecular formula is C10H23ClN2O2. The molecule has 0 rings (SSSR count). The summed E-state index contributed by atoms with van der Waals surface area (Å²) in [5.41, 5.74) is 5.63. The summed E-state index contributed by atoms with van der Waals surface area (Å²) in [5.74, 6) is 0.0662. The van der Waals surface area contributed by atoms with Crippen molar-refractivity contribution in [3.63, 3.8) is 0 Å². The highest BCUT2D eigenvalue weighted by Gasteiger charge is 2.18. The van der Waals surface area contributed by atoms with E-state index in [1.54, 1.807) is 0 Å². The van der Waals surface area contributed by atoms with Gasteiger partial charge in [-0.05, 0) is 11.8 Å². The third kappa shape index (κ3) is 6.71. The van der Waals surface area contributed by atoms with Gasteiger partial charge in [0, 0.05) is 6.54 Å². The average Bonchev–Trinajstić information content (AvgIpc) is 2.11. The molecule has 0 fully saturated rings. The smallest absolute Gasteiger partial charge is 0.237 e. The van der Waals surface area contributed by atoms with E-state index in [2.05, 4.69) is 5.32 Å². The first-order chi connectivity index (χ1) is 6.36. The number of hydrogen-bond acceptors (Lipinski definition) is 3. The Bertz CT molecular complexity index is 186. The molecule has 0 saturated heterocycles. The Balaban J connectivity index is 0. The van der Waals surface area contributed by atoms with Crippen LogP contribution in [-0.2, 0) is 4.79 Å². The normalized spacial score (nSPS) is 14.7. The van der Waals surface area contributed by atoms with Crippen LogP contribution in [0.15, 0.2) is 0 Å². The standard InChI is InChI=1S/C10H22N2O2.ClH/c1-6(2)8(13)5-12-10(14)9(11)7(3)4;/h6-9,13H,5,11H2,1-4H3,(H,12,14);1H/t8?,9-;/m0./s1. The molecule has 0 heterocycles. The zero-order valence-corrected chi connectivity index (χ0v) is 10.7. The van der Waals surface area contributed by atoms with Crippen molar-refractivity contribution < 1.29 is 9.90 Å². The SMILES string of the molecule is CC(C)C(O)CNC(=O)[C@@H](N)C(C)C.Cl. The summed E-state index contributed by atoms with van der Waals surface area (Å²) in [7, 11) is 0. The van der Waals surface area contributed by atoms with Gasteiger partial charge in [0.1, 0.15) is 0 Å². The fraction of sp³-hybridized carbons (Fsp3) is 0.900. The number of hydrogen-bond donors (Lipinski definition) is 3. The van der Waals surface area contributed by atoms with Gasteiger partial charge in [-0.25, -0.2) is 0 Å². The molecule has 0 aromatic rings. The van der Waals surface area contributed by atoms with Crippen molar-refractivity contribution in [1.29, 1.82) is 0 Å². The van der Waals surface area contributed by atoms with Crippen molar-refractivity contribution in [1.82, 2.24) is 5.32 Å². The van der Waals surface area contributed by atoms with Crippen LogP contribution in [0.5, 0.6) is 0 Å². The van der Waals surface area contributed by atoms with Gasteiger partial charge in [-0.3, -0.25) is 4.79 Å². The lowest BCUT2D eigenvalue weighted by Crippen LogP contribution is -2.46. The van der Waals surface area contributed by atoms with E-state index >= 15 is 0 Å². The zero-order valence-electron chi connectivity index (χ0n) is 9.86. The zero-order chi connectivity index (χ0) is 11.3. The van der Waals surface area contributed by atoms with Gasteiger partial charge in [0.15, 0.2) is 0 Å². The fourth-order valence-electron chi connectivity index (χ4n) is 0.861. The predicted octanol–water partition coefficient (Wildman–Crippen LogP) is 0.525. The lowest BCUT2D eigenvalue weighted by molar-refractivity contribution is -0.123. The summed E-state index contributed by atoms with van der Waals surface area (Å²) in [6, 6.07) is -0.491. The molecule has 2 atom stereocenters. The van der Waals surface area contributed by atoms with E-state index in [0.717, 1.165) is 0 Å². The van der Waals surface area contributed by atoms with E-state index in [4.69, 9.17) is 5.73 Å². The molecule has 0 saturated carbocycles. The van der Waals surface area contributed by atoms with Crippen LogP contribution in [0.3, 0.4) is 0 Å². The van der Waals surface area contributed by atoms with Crippen molar-refractivity contribution in [2.75, 3.05) is 6.54 Å². The molecule has 0 bridgehead atoms. The second-order valence-electron chi connectivity index (χ2n) is 4.33. The minimum absolute atomic E-state index is 0. The van der Waals surface area contributed by atoms with Crippen molar-refractivity contribution in [3.05, 3.63) is 0 Å². The summed E-state index contributed by atoms with van der Waals surface area (Å²) in [4.78, 5) is 11.4. The van der Waals surface area contributed by atoms with Crippen LogP contribution in [0, 0.1) is 11.8 Å². The topological polar surface area (TPSA) is 75.3 Å². The number of nitrogens with two attached hydrogens (primary N) is 1. The predicted molar refractivity (Wildman–Crippen MR) is 63.9 cm³/mol. The molecule has 15 heavy (non-hydrogen) atoms. The minimum Gasteiger partial charge on any atom is -0.391 e. The van der Waals surface area contributed by atoms with Gasteiger partial charge in [-0.2, -0.15) is 0 Å². The Labute approximate surface area is 98.0 Å². The molecule has 1 unspecified atom stereocenters. The first-order valence-electron chi connectivity index (χ1n) is 5.07. The quantitative estimate of drug-likeness (QED) is 0.654. The number of aliphatic hydroxyl groups excluding tert-OH is 1. The Morgan fingerprint density at radius 2 is 1.73 bits per heavy atom. The van der Waals surface area contributed by atoms with Crippen LogP contribution in [0.1, 0.15) is 27.7 Å². The van der Waals surface area contributed by atoms with Crippen molar-refractivity contribution in [3.8, 4) is 0 Å². The van der Waals surface area contributed by atoms with Gasteiger partial charge in [0.05, 0.1) is 12.1 Å². The molecule has 0 aliphatic rings. The third-order valence-corrected chi connectivity index (χ3v) is 2.28. The Morgan fingerprint density at radius 1 is 1.27 bits per heavy atom. The summed E-state index contributed by atoms with van der Waals surface area (Å²) in [5, 5.41) is 12.1. The molecule has 5 heteroatoms. The molecule has 0 spiro atoms. The lowest BCUT2D eigenvalue weighted by Gasteiger charge is -2.19. The molecule has 1 amide bonds. The second-order valence-corrected chi connectivity index (χ2v) is 4.33. The number of carbonyl (C=O) groups excluding carboxylic acids is 1. The highest BCUT2D eigenvalue weighted by Crippen LogP contribution is 2.01. The number of carbonyl (C=O) groups is 1. The summed E-state index contributed by atoms with van der Waals surface area (Å²) >= 11 is 0. The molecule has 4 N–H and O–H groups in total. The van der Waals surface area contributed by atoms with Crippen molar-refractivity contribution in [2.24, 2.45) is 17.6 Å². The first kappa shape index (κ1) is 17.1. The maximum atomic E-state index is 11.4. The van der Waals surface area contributed by atoms with Crippen molar-refractivity contribution >= 4 is 18.3 Å². The van der Waals surface area contributed by atoms with E-state index in [1.165, 1.54) is 0 Å². The highest BCUT2D eigenvalue weighted by atomic mass is 35.5. The van der Waals surface area contributed by atoms with Gasteiger partial charge in [0.2, 0.25) is 5.91 Å². The largest absolute Gasteiger partial charge is 0.391 e. The molecule has 92 valence electrons. The van der Waals surface area contributed by atoms with Crippen LogP contribution in [0.25, 0.3) is 0 Å². The van der Waals surface area contributed by atoms with Gasteiger partial charge >= 0.3 is 0 Å². The number of aliphatic hydroxyl groups is 1. The summed E-state index contributed by atoms with van der Waals surface area (Å²) in [6.07, 6.45) is -0.502. The lowest BCUT2D eigenvalue weighted by atomic mass is 10.0. The van der Waals surface area contributed by atoms with E-state index in [9.17, 15) is 9.90 Å². The van der Waals surface area contributed by atoms with E-state index in [-0.39, 0.29) is 36.7 Å². The molecule has 0 aliphatic carbocycles. The Kier molecular flexibility index (Phi) is 9.01. The van der Waals surface area contributed by atoms with Gasteiger partial charge < -0.3 is 16.2 Å². The molecule has 0 aromatic carbocycles. The first-order valence-corrected chi connectivity index (χ1v) is 5.07. The molecular weight excluding hydrogens is 216 g/mol. The summed E-state index contributed by atoms with van der Waals surface area (Å²) < 4.78 is 0. The molecule has 0 radical (unpaired) electrons. The van der Waals surface area contributed by atoms with Crippen LogP contribution >= 0.6 is 12.4 Å². The maximum Gasteiger partial charge on any atom is 0.237 e. The third-order valence-electron chi connectivity index (χ3n) is 2.28. The van der Waals surface area contributed by atoms with Crippen LogP contribution < -0.4 is 11.1 Å². The summed E-state index contributed by atoms with van der Waals surface area (Å²) in [6.45, 7) is 7.86. The van der Waals surface area contributed by atoms with Crippen LogP contribution in [-0.4, -0.2) is 29.7 Å². The van der Waals surface area contributed by atoms with E-state index in [0.29, 0.717) is 0 Å². The fourth-order valence-corrected chi connectivity index (χ4v) is 0.861. The van der Waals surface area contributed by atoms with Crippen molar-refractivity contribution in [2.45, 2.75) is 39.8 Å². The average molecular weight is 239 g/mol. The van der Waals surface area contributed by atoms with Gasteiger partial charge in [0.25, 0.3) is 0 Å². The van der Waals surface area contributed by atoms with Crippen LogP contribution in [0.2, 0.25) is 0 Å². The number of nitrogens with one attached hydrogen (secondary N) is 1.